The Labute approximate surface area is 842 Å². The fourth-order valence-corrected chi connectivity index (χ4v) is 14.1. The van der Waals surface area contributed by atoms with Gasteiger partial charge in [-0.1, -0.05) is 99.5 Å². The minimum Gasteiger partial charge on any atom is -0.480 e. The van der Waals surface area contributed by atoms with Crippen molar-refractivity contribution in [2.45, 2.75) is 195 Å². The van der Waals surface area contributed by atoms with Crippen LogP contribution in [0.4, 0.5) is 61.8 Å². The molecule has 8 N–H and O–H groups in total. The lowest BCUT2D eigenvalue weighted by molar-refractivity contribution is -0.156. The molecular weight excluding hydrogens is 1960 g/mol. The van der Waals surface area contributed by atoms with Crippen LogP contribution in [-0.2, 0) is 82.3 Å². The SMILES string of the molecule is C.C.C.CC(=O)c1cn(CC(=O)N(CC(=O)NCc2cccc(Cl)c2F)C(C)C)c2ccc(Nc3cncnc3)cc12.CC(=O)c1cn(CC(=O)O)c2ccc(Nc3cncnc3)cc12.CC(=O)c1cn(CC(=O)OC(C)(C)C)c2ccc(Br)cc12.CC(=O)c1cn(CC(=O)OC(C)(C)C)c2ccc(Nc3cncnc3)cc12.CC(C)CCC(=O)NCc1cccc(Cl)c1F.Nc1cncnc1.O=CC(F)(F)F. The molecule has 0 spiro atoms. The number of hydrogen-bond acceptors (Lipinski definition) is 25. The van der Waals surface area contributed by atoms with Crippen molar-refractivity contribution in [3.05, 3.63) is 268 Å². The number of benzene rings is 6. The molecular formula is C102H117BrCl2F5N19O14. The van der Waals surface area contributed by atoms with E-state index in [-0.39, 0.29) is 137 Å². The molecule has 6 aromatic carbocycles. The Kier molecular flexibility index (Phi) is 45.7. The predicted molar refractivity (Wildman–Crippen MR) is 547 cm³/mol. The maximum atomic E-state index is 14.1. The summed E-state index contributed by atoms with van der Waals surface area (Å²) in [5.74, 6) is -3.32. The molecule has 0 aliphatic carbocycles. The van der Waals surface area contributed by atoms with E-state index in [2.05, 4.69) is 96.2 Å². The first-order chi connectivity index (χ1) is 66.0. The number of Topliss-reactive ketones (excluding diaryl/α,β-unsaturated/α-hetero) is 4. The van der Waals surface area contributed by atoms with Crippen LogP contribution in [0.1, 0.15) is 185 Å². The van der Waals surface area contributed by atoms with E-state index in [0.717, 1.165) is 61.1 Å². The lowest BCUT2D eigenvalue weighted by atomic mass is 10.1. The van der Waals surface area contributed by atoms with Crippen LogP contribution in [-0.4, -0.2) is 163 Å². The maximum Gasteiger partial charge on any atom is 0.446 e. The fraction of sp³-hybridized carbons (Fsp3) is 0.304. The minimum atomic E-state index is -4.64. The number of halogens is 8. The number of amides is 3. The normalized spacial score (nSPS) is 10.7. The number of ether oxygens (including phenoxy) is 2. The highest BCUT2D eigenvalue weighted by Crippen LogP contribution is 2.33. The Balaban J connectivity index is 0.000000310. The van der Waals surface area contributed by atoms with Gasteiger partial charge in [-0.25, -0.2) is 48.7 Å². The number of ketones is 4. The van der Waals surface area contributed by atoms with E-state index in [1.165, 1.54) is 76.1 Å². The molecule has 8 aromatic heterocycles. The number of hydrogen-bond donors (Lipinski definition) is 7. The van der Waals surface area contributed by atoms with Crippen molar-refractivity contribution >= 4 is 188 Å². The predicted octanol–water partition coefficient (Wildman–Crippen LogP) is 21.1. The average molecular weight is 2080 g/mol. The van der Waals surface area contributed by atoms with E-state index < -0.39 is 47.2 Å². The number of fused-ring (bicyclic) bond motifs is 4. The van der Waals surface area contributed by atoms with E-state index in [1.807, 2.05) is 122 Å². The van der Waals surface area contributed by atoms with Gasteiger partial charge < -0.3 is 70.1 Å². The molecule has 3 amide bonds. The zero-order chi connectivity index (χ0) is 103. The maximum absolute atomic E-state index is 14.1. The summed E-state index contributed by atoms with van der Waals surface area (Å²) in [4.78, 5) is 162. The summed E-state index contributed by atoms with van der Waals surface area (Å²) in [6.45, 7) is 24.5. The van der Waals surface area contributed by atoms with Crippen LogP contribution >= 0.6 is 39.1 Å². The fourth-order valence-electron chi connectivity index (χ4n) is 13.4. The molecule has 14 aromatic rings. The second-order valence-corrected chi connectivity index (χ2v) is 35.7. The first kappa shape index (κ1) is 118. The van der Waals surface area contributed by atoms with Crippen LogP contribution < -0.4 is 32.3 Å². The molecule has 33 nitrogen and oxygen atoms in total. The summed E-state index contributed by atoms with van der Waals surface area (Å²) in [6, 6.07) is 31.3. The van der Waals surface area contributed by atoms with Gasteiger partial charge in [0.05, 0.1) is 88.9 Å². The third-order valence-corrected chi connectivity index (χ3v) is 20.6. The van der Waals surface area contributed by atoms with Crippen molar-refractivity contribution < 1.29 is 89.3 Å². The van der Waals surface area contributed by atoms with E-state index in [9.17, 15) is 69.9 Å². The van der Waals surface area contributed by atoms with Crippen LogP contribution in [0, 0.1) is 17.6 Å². The number of esters is 2. The van der Waals surface area contributed by atoms with Crippen LogP contribution in [0.5, 0.6) is 0 Å². The highest BCUT2D eigenvalue weighted by Gasteiger charge is 2.28. The van der Waals surface area contributed by atoms with E-state index in [4.69, 9.17) is 48.3 Å². The van der Waals surface area contributed by atoms with Crippen molar-refractivity contribution in [2.24, 2.45) is 5.92 Å². The van der Waals surface area contributed by atoms with Gasteiger partial charge in [0, 0.05) is 149 Å². The first-order valence-corrected chi connectivity index (χ1v) is 44.7. The summed E-state index contributed by atoms with van der Waals surface area (Å²) in [6.07, 6.45) is 21.0. The monoisotopic (exact) mass is 2080 g/mol. The van der Waals surface area contributed by atoms with Crippen molar-refractivity contribution in [3.8, 4) is 0 Å². The lowest BCUT2D eigenvalue weighted by Crippen LogP contribution is -2.45. The zero-order valence-corrected chi connectivity index (χ0v) is 82.0. The van der Waals surface area contributed by atoms with Gasteiger partial charge in [-0.3, -0.25) is 52.7 Å². The number of aldehydes is 1. The summed E-state index contributed by atoms with van der Waals surface area (Å²) < 4.78 is 77.3. The quantitative estimate of drug-likeness (QED) is 0.0104. The third-order valence-electron chi connectivity index (χ3n) is 19.5. The number of anilines is 7. The Bertz CT molecular complexity index is 6720. The largest absolute Gasteiger partial charge is 0.480 e. The van der Waals surface area contributed by atoms with Crippen molar-refractivity contribution in [1.29, 1.82) is 0 Å². The Morgan fingerprint density at radius 3 is 1.08 bits per heavy atom. The van der Waals surface area contributed by atoms with Crippen molar-refractivity contribution in [2.75, 3.05) is 28.2 Å². The van der Waals surface area contributed by atoms with Gasteiger partial charge in [0.15, 0.2) is 23.1 Å². The van der Waals surface area contributed by atoms with Gasteiger partial charge in [0.2, 0.25) is 24.0 Å². The molecule has 14 rings (SSSR count). The standard InChI is InChI=1S/C28H28ClFN6O3.C20H22N4O3.C16H18BrNO3.C16H14N4O3.C13H17ClFNO.C4H5N3.C2HF3O.3CH4/c1-17(2)36(14-26(38)33-10-19-5-4-6-24(29)28(19)30)27(39)15-35-13-23(18(3)37)22-9-20(7-8-25(22)35)34-21-11-31-16-32-12-21;1-13(25)17-10-24(11-19(26)27-20(2,3)4)18-6-5-14(7-16(17)18)23-15-8-21-12-22-9-15;1-10(19)13-8-18(9-15(20)21-16(2,3)4)14-6-5-11(17)7-12(13)14;1-10(21)14-7-20(8-16(22)23)15-3-2-11(4-13(14)15)19-12-5-17-9-18-6-12;1-9(2)6-7-12(17)16-8-10-4-3-5-11(14)13(10)15;5-4-1-6-3-7-2-4;3-2(4,5)1-6;;;/h4-9,11-13,16-17,34H,10,14-15H2,1-3H3,(H,33,38);5-10,12,23H,11H2,1-4H3;5-8H,9H2,1-4H3;2-7,9,19H,8H2,1H3,(H,22,23);3-5,9H,6-8H2,1-2H3,(H,16,17);1-3H,5H2;1H;3*1H4. The highest BCUT2D eigenvalue weighted by molar-refractivity contribution is 9.10. The second-order valence-electron chi connectivity index (χ2n) is 33.9. The molecule has 41 heteroatoms. The summed E-state index contributed by atoms with van der Waals surface area (Å²) in [5.41, 5.74) is 15.1. The highest BCUT2D eigenvalue weighted by atomic mass is 79.9. The molecule has 143 heavy (non-hydrogen) atoms. The number of aromatic nitrogens is 12. The lowest BCUT2D eigenvalue weighted by Gasteiger charge is -2.26. The molecule has 0 atom stereocenters. The first-order valence-electron chi connectivity index (χ1n) is 43.2. The molecule has 0 aliphatic rings. The van der Waals surface area contributed by atoms with Gasteiger partial charge in [0.25, 0.3) is 0 Å². The molecule has 0 saturated carbocycles. The van der Waals surface area contributed by atoms with Gasteiger partial charge in [-0.2, -0.15) is 13.2 Å². The number of nitrogen functional groups attached to an aromatic ring is 1. The Hall–Kier alpha value is -15.1. The van der Waals surface area contributed by atoms with E-state index in [1.54, 1.807) is 117 Å². The van der Waals surface area contributed by atoms with Gasteiger partial charge in [-0.05, 0) is 180 Å². The molecule has 0 saturated heterocycles. The number of nitrogens with zero attached hydrogens (tertiary/aromatic N) is 13. The molecule has 0 aliphatic heterocycles. The van der Waals surface area contributed by atoms with Gasteiger partial charge in [0.1, 0.15) is 74.3 Å². The number of nitrogens with one attached hydrogen (secondary N) is 5. The smallest absolute Gasteiger partial charge is 0.446 e. The molecule has 0 bridgehead atoms. The number of rotatable bonds is 28. The summed E-state index contributed by atoms with van der Waals surface area (Å²) in [5, 5.41) is 26.9. The number of carboxylic acid groups (broad SMARTS) is 1. The van der Waals surface area contributed by atoms with E-state index >= 15 is 0 Å². The van der Waals surface area contributed by atoms with Gasteiger partial charge >= 0.3 is 24.1 Å². The number of nitrogens with two attached hydrogens (primary N) is 1. The zero-order valence-electron chi connectivity index (χ0n) is 78.9. The minimum absolute atomic E-state index is 0. The number of alkyl halides is 3. The van der Waals surface area contributed by atoms with Gasteiger partial charge in [-0.15, -0.1) is 0 Å². The molecule has 0 radical (unpaired) electrons. The molecule has 8 heterocycles. The second kappa shape index (κ2) is 55.2. The molecule has 0 fully saturated rings. The number of carbonyl (C=O) groups excluding carboxylic acids is 10. The van der Waals surface area contributed by atoms with Crippen LogP contribution in [0.15, 0.2) is 213 Å². The van der Waals surface area contributed by atoms with Crippen molar-refractivity contribution in [3.63, 3.8) is 0 Å². The summed E-state index contributed by atoms with van der Waals surface area (Å²) in [7, 11) is 0. The number of carboxylic acids is 1. The average Bonchev–Trinajstić information content (AvgIpc) is 1.66. The molecule has 0 unspecified atom stereocenters. The molecule has 760 valence electrons. The van der Waals surface area contributed by atoms with Crippen LogP contribution in [0.25, 0.3) is 43.6 Å². The van der Waals surface area contributed by atoms with Crippen molar-refractivity contribution in [1.82, 2.24) is 73.7 Å². The topological polar surface area (TPSA) is 439 Å². The Morgan fingerprint density at radius 2 is 0.783 bits per heavy atom. The van der Waals surface area contributed by atoms with Crippen LogP contribution in [0.3, 0.4) is 0 Å². The number of carbonyl (C=O) groups is 11. The van der Waals surface area contributed by atoms with Crippen LogP contribution in [0.2, 0.25) is 10.0 Å². The Morgan fingerprint density at radius 1 is 0.469 bits per heavy atom. The third kappa shape index (κ3) is 37.8. The summed E-state index contributed by atoms with van der Waals surface area (Å²) >= 11 is 14.9. The van der Waals surface area contributed by atoms with E-state index in [0.29, 0.717) is 73.3 Å². The number of aliphatic carboxylic acids is 1.